The molecule has 1 aromatic carbocycles. The van der Waals surface area contributed by atoms with E-state index < -0.39 is 0 Å². The summed E-state index contributed by atoms with van der Waals surface area (Å²) >= 11 is 0. The summed E-state index contributed by atoms with van der Waals surface area (Å²) < 4.78 is 0. The molecule has 0 aromatic heterocycles. The average molecular weight is 291 g/mol. The minimum atomic E-state index is 0.167. The van der Waals surface area contributed by atoms with E-state index in [-0.39, 0.29) is 5.84 Å². The van der Waals surface area contributed by atoms with Crippen molar-refractivity contribution >= 4 is 11.5 Å². The molecule has 1 aliphatic rings. The fraction of sp³-hybridized carbons (Fsp3) is 0.533. The Morgan fingerprint density at radius 1 is 1.24 bits per heavy atom. The van der Waals surface area contributed by atoms with Gasteiger partial charge in [0.25, 0.3) is 0 Å². The van der Waals surface area contributed by atoms with Crippen LogP contribution in [0.15, 0.2) is 29.4 Å². The molecule has 0 spiro atoms. The van der Waals surface area contributed by atoms with Crippen LogP contribution in [-0.2, 0) is 0 Å². The highest BCUT2D eigenvalue weighted by atomic mass is 16.4. The Hall–Kier alpha value is -1.79. The first kappa shape index (κ1) is 15.6. The van der Waals surface area contributed by atoms with Gasteiger partial charge in [-0.15, -0.1) is 0 Å². The first-order chi connectivity index (χ1) is 10.1. The molecule has 2 rings (SSSR count). The van der Waals surface area contributed by atoms with Crippen LogP contribution in [-0.4, -0.2) is 74.2 Å². The van der Waals surface area contributed by atoms with E-state index in [1.165, 1.54) is 0 Å². The van der Waals surface area contributed by atoms with Crippen molar-refractivity contribution in [1.82, 2.24) is 9.80 Å². The molecule has 1 aliphatic heterocycles. The number of likely N-dealkylation sites (N-methyl/N-ethyl adjacent to an activating group) is 1. The average Bonchev–Trinajstić information content (AvgIpc) is 2.52. The van der Waals surface area contributed by atoms with Gasteiger partial charge in [0.05, 0.1) is 0 Å². The summed E-state index contributed by atoms with van der Waals surface area (Å²) in [5.41, 5.74) is 7.60. The summed E-state index contributed by atoms with van der Waals surface area (Å²) in [4.78, 5) is 6.99. The predicted molar refractivity (Wildman–Crippen MR) is 86.2 cm³/mol. The van der Waals surface area contributed by atoms with Gasteiger partial charge < -0.3 is 20.7 Å². The topological polar surface area (TPSA) is 68.3 Å². The van der Waals surface area contributed by atoms with Crippen LogP contribution in [0.1, 0.15) is 5.56 Å². The second-order valence-corrected chi connectivity index (χ2v) is 5.63. The lowest BCUT2D eigenvalue weighted by Crippen LogP contribution is -2.48. The fourth-order valence-corrected chi connectivity index (χ4v) is 2.57. The monoisotopic (exact) mass is 291 g/mol. The molecule has 0 amide bonds. The van der Waals surface area contributed by atoms with Crippen molar-refractivity contribution in [2.45, 2.75) is 0 Å². The molecule has 1 heterocycles. The lowest BCUT2D eigenvalue weighted by atomic mass is 10.1. The molecule has 0 saturated carbocycles. The van der Waals surface area contributed by atoms with Crippen LogP contribution in [0.4, 0.5) is 5.69 Å². The quantitative estimate of drug-likeness (QED) is 0.357. The Kier molecular flexibility index (Phi) is 5.41. The molecule has 0 aliphatic carbocycles. The van der Waals surface area contributed by atoms with Crippen molar-refractivity contribution in [2.75, 3.05) is 58.3 Å². The van der Waals surface area contributed by atoms with Crippen molar-refractivity contribution in [1.29, 1.82) is 0 Å². The van der Waals surface area contributed by atoms with E-state index in [1.54, 1.807) is 0 Å². The molecule has 21 heavy (non-hydrogen) atoms. The number of nitrogens with two attached hydrogens (primary N) is 1. The van der Waals surface area contributed by atoms with E-state index >= 15 is 0 Å². The zero-order chi connectivity index (χ0) is 15.2. The second-order valence-electron chi connectivity index (χ2n) is 5.63. The summed E-state index contributed by atoms with van der Waals surface area (Å²) in [7, 11) is 4.20. The summed E-state index contributed by atoms with van der Waals surface area (Å²) in [5.74, 6) is 0.167. The van der Waals surface area contributed by atoms with E-state index in [4.69, 9.17) is 10.9 Å². The maximum absolute atomic E-state index is 8.91. The number of hydrogen-bond donors (Lipinski definition) is 2. The SMILES string of the molecule is CN(C)CCN1CCN(c2ccccc2C(N)=NO)CC1. The highest BCUT2D eigenvalue weighted by Gasteiger charge is 2.19. The van der Waals surface area contributed by atoms with Crippen LogP contribution in [0.3, 0.4) is 0 Å². The molecular formula is C15H25N5O. The van der Waals surface area contributed by atoms with Crippen molar-refractivity contribution in [3.8, 4) is 0 Å². The summed E-state index contributed by atoms with van der Waals surface area (Å²) in [5, 5.41) is 12.0. The van der Waals surface area contributed by atoms with Gasteiger partial charge >= 0.3 is 0 Å². The van der Waals surface area contributed by atoms with Crippen LogP contribution in [0.5, 0.6) is 0 Å². The van der Waals surface area contributed by atoms with Crippen LogP contribution in [0.25, 0.3) is 0 Å². The van der Waals surface area contributed by atoms with E-state index in [0.717, 1.165) is 50.5 Å². The van der Waals surface area contributed by atoms with Gasteiger partial charge in [-0.25, -0.2) is 0 Å². The number of benzene rings is 1. The second kappa shape index (κ2) is 7.28. The zero-order valence-electron chi connectivity index (χ0n) is 12.9. The molecule has 1 fully saturated rings. The molecule has 116 valence electrons. The Morgan fingerprint density at radius 3 is 2.52 bits per heavy atom. The van der Waals surface area contributed by atoms with E-state index in [2.05, 4.69) is 34.0 Å². The number of oxime groups is 1. The van der Waals surface area contributed by atoms with E-state index in [1.807, 2.05) is 24.3 Å². The first-order valence-corrected chi connectivity index (χ1v) is 7.31. The Labute approximate surface area is 126 Å². The highest BCUT2D eigenvalue weighted by Crippen LogP contribution is 2.21. The van der Waals surface area contributed by atoms with Gasteiger partial charge in [0.2, 0.25) is 0 Å². The van der Waals surface area contributed by atoms with Crippen LogP contribution < -0.4 is 10.6 Å². The molecule has 3 N–H and O–H groups in total. The third-order valence-electron chi connectivity index (χ3n) is 3.86. The molecule has 0 bridgehead atoms. The van der Waals surface area contributed by atoms with Crippen molar-refractivity contribution in [3.05, 3.63) is 29.8 Å². The smallest absolute Gasteiger partial charge is 0.172 e. The summed E-state index contributed by atoms with van der Waals surface area (Å²) in [6.45, 7) is 6.19. The maximum Gasteiger partial charge on any atom is 0.172 e. The van der Waals surface area contributed by atoms with Gasteiger partial charge in [0, 0.05) is 50.5 Å². The summed E-state index contributed by atoms with van der Waals surface area (Å²) in [6, 6.07) is 7.82. The largest absolute Gasteiger partial charge is 0.409 e. The number of hydrogen-bond acceptors (Lipinski definition) is 5. The van der Waals surface area contributed by atoms with Crippen molar-refractivity contribution < 1.29 is 5.21 Å². The van der Waals surface area contributed by atoms with E-state index in [0.29, 0.717) is 0 Å². The number of piperazine rings is 1. The molecule has 0 unspecified atom stereocenters. The van der Waals surface area contributed by atoms with Crippen LogP contribution >= 0.6 is 0 Å². The van der Waals surface area contributed by atoms with Crippen LogP contribution in [0, 0.1) is 0 Å². The van der Waals surface area contributed by atoms with Gasteiger partial charge in [0.15, 0.2) is 5.84 Å². The van der Waals surface area contributed by atoms with Gasteiger partial charge in [0.1, 0.15) is 0 Å². The maximum atomic E-state index is 8.91. The third-order valence-corrected chi connectivity index (χ3v) is 3.86. The molecule has 0 atom stereocenters. The summed E-state index contributed by atoms with van der Waals surface area (Å²) in [6.07, 6.45) is 0. The zero-order valence-corrected chi connectivity index (χ0v) is 12.9. The minimum Gasteiger partial charge on any atom is -0.409 e. The Bertz CT molecular complexity index is 481. The van der Waals surface area contributed by atoms with E-state index in [9.17, 15) is 0 Å². The van der Waals surface area contributed by atoms with Gasteiger partial charge in [-0.3, -0.25) is 4.90 Å². The van der Waals surface area contributed by atoms with Gasteiger partial charge in [-0.05, 0) is 26.2 Å². The molecule has 6 heteroatoms. The molecule has 1 aromatic rings. The highest BCUT2D eigenvalue weighted by molar-refractivity contribution is 6.02. The first-order valence-electron chi connectivity index (χ1n) is 7.31. The number of para-hydroxylation sites is 1. The van der Waals surface area contributed by atoms with Gasteiger partial charge in [-0.1, -0.05) is 17.3 Å². The van der Waals surface area contributed by atoms with Crippen molar-refractivity contribution in [2.24, 2.45) is 10.9 Å². The lowest BCUT2D eigenvalue weighted by molar-refractivity contribution is 0.229. The van der Waals surface area contributed by atoms with Crippen molar-refractivity contribution in [3.63, 3.8) is 0 Å². The predicted octanol–water partition coefficient (Wildman–Crippen LogP) is 0.465. The standard InChI is InChI=1S/C15H25N5O/c1-18(2)7-8-19-9-11-20(12-10-19)14-6-4-3-5-13(14)15(16)17-21/h3-6,21H,7-12H2,1-2H3,(H2,16,17). The number of rotatable bonds is 5. The molecular weight excluding hydrogens is 266 g/mol. The van der Waals surface area contributed by atoms with Gasteiger partial charge in [-0.2, -0.15) is 0 Å². The fourth-order valence-electron chi connectivity index (χ4n) is 2.57. The molecule has 0 radical (unpaired) electrons. The number of amidine groups is 1. The Morgan fingerprint density at radius 2 is 1.90 bits per heavy atom. The molecule has 6 nitrogen and oxygen atoms in total. The molecule has 1 saturated heterocycles. The number of nitrogens with zero attached hydrogens (tertiary/aromatic N) is 4. The lowest BCUT2D eigenvalue weighted by Gasteiger charge is -2.37. The third kappa shape index (κ3) is 4.09. The Balaban J connectivity index is 1.99. The normalized spacial score (nSPS) is 17.5. The minimum absolute atomic E-state index is 0.167. The van der Waals surface area contributed by atoms with Crippen LogP contribution in [0.2, 0.25) is 0 Å². The number of anilines is 1.